The van der Waals surface area contributed by atoms with E-state index in [2.05, 4.69) is 10.3 Å². The molecule has 2 aromatic heterocycles. The lowest BCUT2D eigenvalue weighted by Gasteiger charge is -2.12. The second kappa shape index (κ2) is 10.00. The Morgan fingerprint density at radius 1 is 0.886 bits per heavy atom. The van der Waals surface area contributed by atoms with Crippen LogP contribution in [0.2, 0.25) is 10.0 Å². The summed E-state index contributed by atoms with van der Waals surface area (Å²) in [4.78, 5) is 13.8. The van der Waals surface area contributed by atoms with Crippen molar-refractivity contribution in [1.82, 2.24) is 19.5 Å². The van der Waals surface area contributed by atoms with E-state index in [-0.39, 0.29) is 12.4 Å². The van der Waals surface area contributed by atoms with E-state index < -0.39 is 0 Å². The summed E-state index contributed by atoms with van der Waals surface area (Å²) < 4.78 is 16.0. The Labute approximate surface area is 211 Å². The van der Waals surface area contributed by atoms with Crippen LogP contribution in [0.3, 0.4) is 0 Å². The molecule has 0 aliphatic rings. The number of rotatable bonds is 7. The number of nitrogens with one attached hydrogen (secondary N) is 1. The molecule has 2 heterocycles. The fourth-order valence-corrected chi connectivity index (χ4v) is 4.40. The van der Waals surface area contributed by atoms with Crippen LogP contribution < -0.4 is 11.1 Å². The van der Waals surface area contributed by atoms with Gasteiger partial charge >= 0.3 is 0 Å². The van der Waals surface area contributed by atoms with Crippen molar-refractivity contribution in [2.45, 2.75) is 19.6 Å². The first-order valence-corrected chi connectivity index (χ1v) is 11.7. The lowest BCUT2D eigenvalue weighted by atomic mass is 10.1. The SMILES string of the molecule is NCc1ccc(Cn2c(-c3c(Cl)cccc3Cl)nc3cnc(NCc4ccccc4F)nc32)cc1. The Bertz CT molecular complexity index is 1480. The summed E-state index contributed by atoms with van der Waals surface area (Å²) in [6.07, 6.45) is 1.63. The van der Waals surface area contributed by atoms with Crippen LogP contribution in [-0.2, 0) is 19.6 Å². The smallest absolute Gasteiger partial charge is 0.225 e. The monoisotopic (exact) mass is 506 g/mol. The van der Waals surface area contributed by atoms with Crippen LogP contribution in [0.5, 0.6) is 0 Å². The first-order chi connectivity index (χ1) is 17.0. The minimum absolute atomic E-state index is 0.246. The van der Waals surface area contributed by atoms with Crippen molar-refractivity contribution in [3.63, 3.8) is 0 Å². The third-order valence-electron chi connectivity index (χ3n) is 5.67. The Balaban J connectivity index is 1.58. The summed E-state index contributed by atoms with van der Waals surface area (Å²) in [6.45, 7) is 1.19. The third-order valence-corrected chi connectivity index (χ3v) is 6.30. The van der Waals surface area contributed by atoms with E-state index in [1.807, 2.05) is 28.8 Å². The van der Waals surface area contributed by atoms with E-state index in [4.69, 9.17) is 38.9 Å². The van der Waals surface area contributed by atoms with Gasteiger partial charge in [0.25, 0.3) is 0 Å². The minimum atomic E-state index is -0.289. The van der Waals surface area contributed by atoms with Crippen LogP contribution in [0.4, 0.5) is 10.3 Å². The van der Waals surface area contributed by atoms with Crippen LogP contribution in [0.1, 0.15) is 16.7 Å². The maximum atomic E-state index is 14.0. The number of benzene rings is 3. The van der Waals surface area contributed by atoms with Gasteiger partial charge in [-0.15, -0.1) is 0 Å². The van der Waals surface area contributed by atoms with Gasteiger partial charge in [0, 0.05) is 18.7 Å². The van der Waals surface area contributed by atoms with Gasteiger partial charge < -0.3 is 15.6 Å². The van der Waals surface area contributed by atoms with Crippen molar-refractivity contribution >= 4 is 40.3 Å². The summed E-state index contributed by atoms with van der Waals surface area (Å²) >= 11 is 13.1. The van der Waals surface area contributed by atoms with Crippen molar-refractivity contribution in [3.05, 3.63) is 105 Å². The molecule has 5 rings (SSSR count). The molecular formula is C26H21Cl2FN6. The first-order valence-electron chi connectivity index (χ1n) is 11.0. The summed E-state index contributed by atoms with van der Waals surface area (Å²) in [5, 5.41) is 4.07. The molecule has 0 bridgehead atoms. The number of nitrogens with two attached hydrogens (primary N) is 1. The predicted octanol–water partition coefficient (Wildman–Crippen LogP) is 6.06. The minimum Gasteiger partial charge on any atom is -0.350 e. The number of fused-ring (bicyclic) bond motifs is 1. The molecule has 35 heavy (non-hydrogen) atoms. The molecule has 5 aromatic rings. The number of hydrogen-bond donors (Lipinski definition) is 2. The van der Waals surface area contributed by atoms with Crippen LogP contribution in [0.25, 0.3) is 22.6 Å². The van der Waals surface area contributed by atoms with E-state index in [0.29, 0.717) is 57.2 Å². The molecule has 3 N–H and O–H groups in total. The normalized spacial score (nSPS) is 11.2. The Kier molecular flexibility index (Phi) is 6.63. The lowest BCUT2D eigenvalue weighted by molar-refractivity contribution is 0.612. The molecule has 0 aliphatic carbocycles. The number of halogens is 3. The predicted molar refractivity (Wildman–Crippen MR) is 138 cm³/mol. The molecule has 0 aliphatic heterocycles. The Morgan fingerprint density at radius 2 is 1.60 bits per heavy atom. The molecule has 0 saturated carbocycles. The highest BCUT2D eigenvalue weighted by Crippen LogP contribution is 2.36. The van der Waals surface area contributed by atoms with Crippen LogP contribution in [0.15, 0.2) is 72.9 Å². The average molecular weight is 507 g/mol. The second-order valence-electron chi connectivity index (χ2n) is 7.99. The van der Waals surface area contributed by atoms with Crippen molar-refractivity contribution in [2.75, 3.05) is 5.32 Å². The van der Waals surface area contributed by atoms with Gasteiger partial charge in [-0.3, -0.25) is 0 Å². The molecular weight excluding hydrogens is 486 g/mol. The standard InChI is InChI=1S/C26H21Cl2FN6/c27-19-5-3-6-20(28)23(19)25-33-22-14-32-26(31-13-18-4-1-2-7-21(18)29)34-24(22)35(25)15-17-10-8-16(12-30)9-11-17/h1-11,14H,12-13,15,30H2,(H,31,32,34). The van der Waals surface area contributed by atoms with Crippen molar-refractivity contribution in [1.29, 1.82) is 0 Å². The Hall–Kier alpha value is -3.52. The van der Waals surface area contributed by atoms with E-state index in [0.717, 1.165) is 11.1 Å². The fourth-order valence-electron chi connectivity index (χ4n) is 3.84. The molecule has 0 amide bonds. The molecule has 0 atom stereocenters. The maximum absolute atomic E-state index is 14.0. The van der Waals surface area contributed by atoms with Crippen LogP contribution in [0, 0.1) is 5.82 Å². The van der Waals surface area contributed by atoms with Crippen LogP contribution in [-0.4, -0.2) is 19.5 Å². The fraction of sp³-hybridized carbons (Fsp3) is 0.115. The zero-order valence-corrected chi connectivity index (χ0v) is 20.1. The molecule has 9 heteroatoms. The number of nitrogens with zero attached hydrogens (tertiary/aromatic N) is 4. The number of hydrogen-bond acceptors (Lipinski definition) is 5. The maximum Gasteiger partial charge on any atom is 0.225 e. The van der Waals surface area contributed by atoms with E-state index in [9.17, 15) is 4.39 Å². The average Bonchev–Trinajstić information content (AvgIpc) is 3.21. The number of imidazole rings is 1. The Morgan fingerprint density at radius 3 is 2.31 bits per heavy atom. The summed E-state index contributed by atoms with van der Waals surface area (Å²) in [5.41, 5.74) is 10.2. The lowest BCUT2D eigenvalue weighted by Crippen LogP contribution is -2.08. The molecule has 0 fully saturated rings. The van der Waals surface area contributed by atoms with E-state index >= 15 is 0 Å². The van der Waals surface area contributed by atoms with Gasteiger partial charge in [0.15, 0.2) is 5.65 Å². The van der Waals surface area contributed by atoms with Gasteiger partial charge in [0.1, 0.15) is 17.2 Å². The van der Waals surface area contributed by atoms with Gasteiger partial charge in [-0.2, -0.15) is 4.98 Å². The van der Waals surface area contributed by atoms with Crippen molar-refractivity contribution in [2.24, 2.45) is 5.73 Å². The third kappa shape index (κ3) is 4.84. The summed E-state index contributed by atoms with van der Waals surface area (Å²) in [5.74, 6) is 0.652. The van der Waals surface area contributed by atoms with Gasteiger partial charge in [-0.05, 0) is 29.3 Å². The highest BCUT2D eigenvalue weighted by Gasteiger charge is 2.20. The topological polar surface area (TPSA) is 81.7 Å². The van der Waals surface area contributed by atoms with E-state index in [1.54, 1.807) is 42.6 Å². The molecule has 0 unspecified atom stereocenters. The van der Waals surface area contributed by atoms with Crippen LogP contribution >= 0.6 is 23.2 Å². The second-order valence-corrected chi connectivity index (χ2v) is 8.80. The quantitative estimate of drug-likeness (QED) is 0.280. The number of aromatic nitrogens is 4. The van der Waals surface area contributed by atoms with E-state index in [1.165, 1.54) is 6.07 Å². The first kappa shape index (κ1) is 23.2. The molecule has 176 valence electrons. The highest BCUT2D eigenvalue weighted by molar-refractivity contribution is 6.39. The summed E-state index contributed by atoms with van der Waals surface area (Å²) in [6, 6.07) is 19.9. The van der Waals surface area contributed by atoms with Gasteiger partial charge in [0.2, 0.25) is 5.95 Å². The number of anilines is 1. The van der Waals surface area contributed by atoms with Crippen molar-refractivity contribution in [3.8, 4) is 11.4 Å². The molecule has 0 spiro atoms. The van der Waals surface area contributed by atoms with Gasteiger partial charge in [-0.1, -0.05) is 71.7 Å². The highest BCUT2D eigenvalue weighted by atomic mass is 35.5. The summed E-state index contributed by atoms with van der Waals surface area (Å²) in [7, 11) is 0. The van der Waals surface area contributed by atoms with Crippen molar-refractivity contribution < 1.29 is 4.39 Å². The van der Waals surface area contributed by atoms with Gasteiger partial charge in [0.05, 0.1) is 28.4 Å². The van der Waals surface area contributed by atoms with Gasteiger partial charge in [-0.25, -0.2) is 14.4 Å². The zero-order valence-electron chi connectivity index (χ0n) is 18.5. The molecule has 0 radical (unpaired) electrons. The molecule has 6 nitrogen and oxygen atoms in total. The zero-order chi connectivity index (χ0) is 24.4. The largest absolute Gasteiger partial charge is 0.350 e. The molecule has 0 saturated heterocycles. The molecule has 3 aromatic carbocycles.